The van der Waals surface area contributed by atoms with E-state index in [4.69, 9.17) is 31.2 Å². The molecule has 0 aromatic rings. The number of aliphatic hydroxyl groups is 1. The van der Waals surface area contributed by atoms with E-state index in [1.165, 1.54) is 0 Å². The fourth-order valence-corrected chi connectivity index (χ4v) is 5.38. The summed E-state index contributed by atoms with van der Waals surface area (Å²) < 4.78 is 13.2. The topological polar surface area (TPSA) is 65.7 Å². The van der Waals surface area contributed by atoms with Gasteiger partial charge in [0, 0.05) is 12.1 Å². The molecule has 0 heterocycles. The molecular weight excluding hydrogens is 271 g/mol. The van der Waals surface area contributed by atoms with Gasteiger partial charge >= 0.3 is 0 Å². The standard InChI is InChI=1S/C11H23N2O3PS/c1-10(2)13(11(3)4)17(18,16-9-7-14)15-8-5-6-12/h10-11,14H,5,7-9H2,1-4H3. The lowest BCUT2D eigenvalue weighted by molar-refractivity contribution is 0.145. The fourth-order valence-electron chi connectivity index (χ4n) is 1.70. The molecule has 0 saturated heterocycles. The molecule has 0 aromatic heterocycles. The largest absolute Gasteiger partial charge is 0.394 e. The Morgan fingerprint density at radius 2 is 1.72 bits per heavy atom. The van der Waals surface area contributed by atoms with Gasteiger partial charge in [0.05, 0.1) is 32.3 Å². The maximum atomic E-state index is 8.88. The van der Waals surface area contributed by atoms with Crippen LogP contribution < -0.4 is 0 Å². The number of hydrogen-bond acceptors (Lipinski definition) is 5. The molecule has 1 N–H and O–H groups in total. The summed E-state index contributed by atoms with van der Waals surface area (Å²) in [5.74, 6) is 0. The van der Waals surface area contributed by atoms with Gasteiger partial charge in [-0.15, -0.1) is 0 Å². The minimum absolute atomic E-state index is 0.0932. The minimum atomic E-state index is -2.63. The predicted octanol–water partition coefficient (Wildman–Crippen LogP) is 2.27. The van der Waals surface area contributed by atoms with Crippen molar-refractivity contribution in [2.24, 2.45) is 0 Å². The summed E-state index contributed by atoms with van der Waals surface area (Å²) in [5.41, 5.74) is 0. The smallest absolute Gasteiger partial charge is 0.264 e. The summed E-state index contributed by atoms with van der Waals surface area (Å²) in [4.78, 5) is 0. The molecule has 0 amide bonds. The summed E-state index contributed by atoms with van der Waals surface area (Å²) in [7, 11) is 0. The molecule has 106 valence electrons. The first kappa shape index (κ1) is 18.0. The lowest BCUT2D eigenvalue weighted by Crippen LogP contribution is -2.35. The SMILES string of the molecule is CC(C)N(C(C)C)P(=S)(OCCO)OCCC#N. The Kier molecular flexibility index (Phi) is 8.97. The zero-order valence-corrected chi connectivity index (χ0v) is 13.2. The van der Waals surface area contributed by atoms with Gasteiger partial charge < -0.3 is 14.2 Å². The van der Waals surface area contributed by atoms with Crippen molar-refractivity contribution < 1.29 is 14.2 Å². The normalized spacial score (nSPS) is 15.1. The number of rotatable bonds is 9. The van der Waals surface area contributed by atoms with Crippen molar-refractivity contribution in [1.82, 2.24) is 4.67 Å². The second-order valence-corrected chi connectivity index (χ2v) is 7.63. The Morgan fingerprint density at radius 1 is 1.22 bits per heavy atom. The maximum absolute atomic E-state index is 8.88. The predicted molar refractivity (Wildman–Crippen MR) is 75.6 cm³/mol. The van der Waals surface area contributed by atoms with Crippen molar-refractivity contribution in [1.29, 1.82) is 5.26 Å². The third-order valence-electron chi connectivity index (χ3n) is 2.16. The molecule has 0 spiro atoms. The quantitative estimate of drug-likeness (QED) is 0.520. The van der Waals surface area contributed by atoms with Crippen molar-refractivity contribution in [2.45, 2.75) is 46.2 Å². The average Bonchev–Trinajstić information content (AvgIpc) is 2.25. The highest BCUT2D eigenvalue weighted by Crippen LogP contribution is 2.54. The van der Waals surface area contributed by atoms with E-state index >= 15 is 0 Å². The van der Waals surface area contributed by atoms with E-state index < -0.39 is 6.64 Å². The van der Waals surface area contributed by atoms with Crippen LogP contribution in [-0.4, -0.2) is 41.7 Å². The van der Waals surface area contributed by atoms with Gasteiger partial charge in [-0.25, -0.2) is 4.67 Å². The third-order valence-corrected chi connectivity index (χ3v) is 5.86. The van der Waals surface area contributed by atoms with E-state index in [-0.39, 0.29) is 38.3 Å². The Balaban J connectivity index is 4.91. The highest BCUT2D eigenvalue weighted by molar-refractivity contribution is 8.08. The summed E-state index contributed by atoms with van der Waals surface area (Å²) in [6.45, 7) is 5.79. The van der Waals surface area contributed by atoms with Gasteiger partial charge in [0.25, 0.3) is 6.64 Å². The highest BCUT2D eigenvalue weighted by Gasteiger charge is 2.32. The lowest BCUT2D eigenvalue weighted by atomic mass is 10.3. The van der Waals surface area contributed by atoms with Crippen LogP contribution in [0.5, 0.6) is 0 Å². The molecule has 1 atom stereocenters. The van der Waals surface area contributed by atoms with E-state index in [1.54, 1.807) is 0 Å². The van der Waals surface area contributed by atoms with Crippen LogP contribution >= 0.6 is 6.64 Å². The first-order chi connectivity index (χ1) is 8.39. The van der Waals surface area contributed by atoms with E-state index in [2.05, 4.69) is 0 Å². The van der Waals surface area contributed by atoms with Gasteiger partial charge in [0.1, 0.15) is 0 Å². The molecular formula is C11H23N2O3PS. The van der Waals surface area contributed by atoms with E-state index in [0.29, 0.717) is 0 Å². The molecule has 0 aliphatic rings. The summed E-state index contributed by atoms with van der Waals surface area (Å²) >= 11 is 5.53. The van der Waals surface area contributed by atoms with E-state index in [9.17, 15) is 0 Å². The molecule has 0 rings (SSSR count). The minimum Gasteiger partial charge on any atom is -0.394 e. The van der Waals surface area contributed by atoms with Crippen LogP contribution in [-0.2, 0) is 20.9 Å². The Bertz CT molecular complexity index is 310. The van der Waals surface area contributed by atoms with Gasteiger partial charge in [0.2, 0.25) is 0 Å². The molecule has 0 aliphatic carbocycles. The fraction of sp³-hybridized carbons (Fsp3) is 0.909. The second-order valence-electron chi connectivity index (χ2n) is 4.33. The van der Waals surface area contributed by atoms with Crippen molar-refractivity contribution in [2.75, 3.05) is 19.8 Å². The summed E-state index contributed by atoms with van der Waals surface area (Å²) in [5, 5.41) is 17.4. The van der Waals surface area contributed by atoms with Gasteiger partial charge in [-0.3, -0.25) is 0 Å². The molecule has 0 radical (unpaired) electrons. The first-order valence-electron chi connectivity index (χ1n) is 6.04. The molecule has 0 aliphatic heterocycles. The van der Waals surface area contributed by atoms with Crippen LogP contribution in [0.1, 0.15) is 34.1 Å². The van der Waals surface area contributed by atoms with Gasteiger partial charge in [-0.1, -0.05) is 0 Å². The van der Waals surface area contributed by atoms with Crippen LogP contribution in [0, 0.1) is 11.3 Å². The lowest BCUT2D eigenvalue weighted by Gasteiger charge is -2.39. The monoisotopic (exact) mass is 294 g/mol. The van der Waals surface area contributed by atoms with Crippen molar-refractivity contribution in [3.05, 3.63) is 0 Å². The van der Waals surface area contributed by atoms with Gasteiger partial charge in [-0.2, -0.15) is 5.26 Å². The van der Waals surface area contributed by atoms with E-state index in [0.717, 1.165) is 0 Å². The first-order valence-corrected chi connectivity index (χ1v) is 8.64. The van der Waals surface area contributed by atoms with Crippen LogP contribution in [0.3, 0.4) is 0 Å². The Morgan fingerprint density at radius 3 is 2.11 bits per heavy atom. The second kappa shape index (κ2) is 8.98. The van der Waals surface area contributed by atoms with Crippen LogP contribution in [0.4, 0.5) is 0 Å². The molecule has 7 heteroatoms. The Labute approximate surface area is 115 Å². The van der Waals surface area contributed by atoms with Crippen LogP contribution in [0.15, 0.2) is 0 Å². The average molecular weight is 294 g/mol. The number of hydrogen-bond donors (Lipinski definition) is 1. The third kappa shape index (κ3) is 5.75. The number of aliphatic hydroxyl groups excluding tert-OH is 1. The summed E-state index contributed by atoms with van der Waals surface area (Å²) in [6.07, 6.45) is 0.283. The molecule has 18 heavy (non-hydrogen) atoms. The van der Waals surface area contributed by atoms with E-state index in [1.807, 2.05) is 38.4 Å². The number of nitrogens with zero attached hydrogens (tertiary/aromatic N) is 2. The van der Waals surface area contributed by atoms with Crippen molar-refractivity contribution in [3.63, 3.8) is 0 Å². The zero-order valence-electron chi connectivity index (χ0n) is 11.5. The van der Waals surface area contributed by atoms with Gasteiger partial charge in [0.15, 0.2) is 0 Å². The van der Waals surface area contributed by atoms with Crippen molar-refractivity contribution in [3.8, 4) is 6.07 Å². The molecule has 0 saturated carbocycles. The van der Waals surface area contributed by atoms with Crippen molar-refractivity contribution >= 4 is 18.4 Å². The molecule has 0 bridgehead atoms. The van der Waals surface area contributed by atoms with Gasteiger partial charge in [-0.05, 0) is 39.5 Å². The highest BCUT2D eigenvalue weighted by atomic mass is 32.5. The molecule has 1 unspecified atom stereocenters. The summed E-state index contributed by atoms with van der Waals surface area (Å²) in [6, 6.07) is 2.37. The van der Waals surface area contributed by atoms with Crippen LogP contribution in [0.25, 0.3) is 0 Å². The molecule has 0 fully saturated rings. The number of nitriles is 1. The Hall–Kier alpha value is -0.0200. The maximum Gasteiger partial charge on any atom is 0.264 e. The molecule has 0 aromatic carbocycles. The molecule has 5 nitrogen and oxygen atoms in total. The van der Waals surface area contributed by atoms with Crippen LogP contribution in [0.2, 0.25) is 0 Å². The zero-order chi connectivity index (χ0) is 14.2.